The van der Waals surface area contributed by atoms with Gasteiger partial charge in [-0.3, -0.25) is 0 Å². The van der Waals surface area contributed by atoms with Crippen molar-refractivity contribution < 1.29 is 9.47 Å². The zero-order valence-electron chi connectivity index (χ0n) is 14.1. The van der Waals surface area contributed by atoms with Crippen molar-refractivity contribution in [3.05, 3.63) is 53.1 Å². The molecule has 1 N–H and O–H groups in total. The van der Waals surface area contributed by atoms with Crippen molar-refractivity contribution in [2.45, 2.75) is 33.8 Å². The SMILES string of the molecule is CCC(=S)Nc1ccc(OC)cc1COc1ccc(C)cc1C. The molecule has 2 aromatic carbocycles. The Balaban J connectivity index is 2.20. The molecule has 0 bridgehead atoms. The lowest BCUT2D eigenvalue weighted by Gasteiger charge is -2.15. The second kappa shape index (κ2) is 7.97. The van der Waals surface area contributed by atoms with Crippen LogP contribution in [0.25, 0.3) is 0 Å². The van der Waals surface area contributed by atoms with Crippen molar-refractivity contribution in [2.24, 2.45) is 0 Å². The Kier molecular flexibility index (Phi) is 5.99. The number of ether oxygens (including phenoxy) is 2. The molecule has 0 fully saturated rings. The van der Waals surface area contributed by atoms with Crippen molar-refractivity contribution in [2.75, 3.05) is 12.4 Å². The van der Waals surface area contributed by atoms with E-state index in [0.717, 1.165) is 39.7 Å². The van der Waals surface area contributed by atoms with Crippen LogP contribution in [0.4, 0.5) is 5.69 Å². The summed E-state index contributed by atoms with van der Waals surface area (Å²) in [5.74, 6) is 1.69. The van der Waals surface area contributed by atoms with Crippen LogP contribution >= 0.6 is 12.2 Å². The third-order valence-electron chi connectivity index (χ3n) is 3.62. The maximum Gasteiger partial charge on any atom is 0.122 e. The molecule has 0 radical (unpaired) electrons. The number of rotatable bonds is 6. The first-order valence-corrected chi connectivity index (χ1v) is 8.11. The maximum atomic E-state index is 5.99. The summed E-state index contributed by atoms with van der Waals surface area (Å²) in [5, 5.41) is 3.27. The van der Waals surface area contributed by atoms with Crippen LogP contribution in [-0.4, -0.2) is 12.1 Å². The lowest BCUT2D eigenvalue weighted by atomic mass is 10.1. The summed E-state index contributed by atoms with van der Waals surface area (Å²) in [7, 11) is 1.66. The molecule has 0 saturated carbocycles. The van der Waals surface area contributed by atoms with E-state index >= 15 is 0 Å². The fourth-order valence-electron chi connectivity index (χ4n) is 2.29. The largest absolute Gasteiger partial charge is 0.497 e. The van der Waals surface area contributed by atoms with Gasteiger partial charge in [-0.25, -0.2) is 0 Å². The van der Waals surface area contributed by atoms with Gasteiger partial charge in [-0.05, 0) is 50.1 Å². The van der Waals surface area contributed by atoms with Gasteiger partial charge in [0, 0.05) is 11.3 Å². The van der Waals surface area contributed by atoms with E-state index in [0.29, 0.717) is 6.61 Å². The topological polar surface area (TPSA) is 30.5 Å². The summed E-state index contributed by atoms with van der Waals surface area (Å²) in [6, 6.07) is 12.0. The van der Waals surface area contributed by atoms with Crippen molar-refractivity contribution in [3.8, 4) is 11.5 Å². The Labute approximate surface area is 143 Å². The van der Waals surface area contributed by atoms with E-state index in [-0.39, 0.29) is 0 Å². The molecular weight excluding hydrogens is 306 g/mol. The van der Waals surface area contributed by atoms with Crippen LogP contribution < -0.4 is 14.8 Å². The maximum absolute atomic E-state index is 5.99. The Morgan fingerprint density at radius 2 is 1.91 bits per heavy atom. The fraction of sp³-hybridized carbons (Fsp3) is 0.316. The summed E-state index contributed by atoms with van der Waals surface area (Å²) in [6.07, 6.45) is 0.804. The molecule has 23 heavy (non-hydrogen) atoms. The van der Waals surface area contributed by atoms with E-state index in [1.165, 1.54) is 5.56 Å². The molecule has 0 aromatic heterocycles. The van der Waals surface area contributed by atoms with Crippen LogP contribution in [0.2, 0.25) is 0 Å². The van der Waals surface area contributed by atoms with Gasteiger partial charge >= 0.3 is 0 Å². The number of benzene rings is 2. The summed E-state index contributed by atoms with van der Waals surface area (Å²) < 4.78 is 11.3. The predicted octanol–water partition coefficient (Wildman–Crippen LogP) is 5.04. The van der Waals surface area contributed by atoms with Gasteiger partial charge in [0.15, 0.2) is 0 Å². The normalized spacial score (nSPS) is 10.3. The molecule has 0 amide bonds. The third kappa shape index (κ3) is 4.70. The zero-order chi connectivity index (χ0) is 16.8. The molecule has 0 heterocycles. The molecule has 122 valence electrons. The van der Waals surface area contributed by atoms with Crippen LogP contribution in [-0.2, 0) is 6.61 Å². The lowest BCUT2D eigenvalue weighted by Crippen LogP contribution is -2.10. The Morgan fingerprint density at radius 3 is 2.57 bits per heavy atom. The quantitative estimate of drug-likeness (QED) is 0.752. The molecule has 0 aliphatic carbocycles. The van der Waals surface area contributed by atoms with Gasteiger partial charge < -0.3 is 14.8 Å². The van der Waals surface area contributed by atoms with Crippen LogP contribution in [0.3, 0.4) is 0 Å². The third-order valence-corrected chi connectivity index (χ3v) is 4.01. The molecule has 2 aromatic rings. The van der Waals surface area contributed by atoms with Crippen molar-refractivity contribution in [1.82, 2.24) is 0 Å². The number of thiocarbonyl (C=S) groups is 1. The molecule has 4 heteroatoms. The van der Waals surface area contributed by atoms with E-state index in [1.807, 2.05) is 31.2 Å². The highest BCUT2D eigenvalue weighted by Crippen LogP contribution is 2.26. The van der Waals surface area contributed by atoms with Gasteiger partial charge in [0.25, 0.3) is 0 Å². The molecule has 2 rings (SSSR count). The second-order valence-corrected chi connectivity index (χ2v) is 5.98. The number of hydrogen-bond acceptors (Lipinski definition) is 3. The Hall–Kier alpha value is -2.07. The molecule has 0 atom stereocenters. The molecule has 0 spiro atoms. The van der Waals surface area contributed by atoms with Crippen LogP contribution in [0.5, 0.6) is 11.5 Å². The highest BCUT2D eigenvalue weighted by atomic mass is 32.1. The minimum Gasteiger partial charge on any atom is -0.497 e. The molecule has 0 unspecified atom stereocenters. The average Bonchev–Trinajstić information content (AvgIpc) is 2.55. The first-order chi connectivity index (χ1) is 11.0. The summed E-state index contributed by atoms with van der Waals surface area (Å²) in [5.41, 5.74) is 4.33. The number of hydrogen-bond donors (Lipinski definition) is 1. The van der Waals surface area contributed by atoms with Crippen LogP contribution in [0.15, 0.2) is 36.4 Å². The van der Waals surface area contributed by atoms with Crippen molar-refractivity contribution in [1.29, 1.82) is 0 Å². The van der Waals surface area contributed by atoms with E-state index < -0.39 is 0 Å². The van der Waals surface area contributed by atoms with E-state index in [4.69, 9.17) is 21.7 Å². The van der Waals surface area contributed by atoms with Crippen LogP contribution in [0, 0.1) is 13.8 Å². The molecule has 0 aliphatic rings. The monoisotopic (exact) mass is 329 g/mol. The number of aryl methyl sites for hydroxylation is 2. The van der Waals surface area contributed by atoms with Gasteiger partial charge in [0.2, 0.25) is 0 Å². The zero-order valence-corrected chi connectivity index (χ0v) is 14.9. The van der Waals surface area contributed by atoms with Gasteiger partial charge in [-0.2, -0.15) is 0 Å². The average molecular weight is 329 g/mol. The van der Waals surface area contributed by atoms with E-state index in [9.17, 15) is 0 Å². The highest BCUT2D eigenvalue weighted by Gasteiger charge is 2.08. The number of anilines is 1. The van der Waals surface area contributed by atoms with Crippen molar-refractivity contribution >= 4 is 22.9 Å². The summed E-state index contributed by atoms with van der Waals surface area (Å²) >= 11 is 5.29. The van der Waals surface area contributed by atoms with Crippen LogP contribution in [0.1, 0.15) is 30.0 Å². The Bertz CT molecular complexity index is 698. The molecule has 0 aliphatic heterocycles. The molecular formula is C19H23NO2S. The molecule has 0 saturated heterocycles. The van der Waals surface area contributed by atoms with E-state index in [2.05, 4.69) is 31.3 Å². The Morgan fingerprint density at radius 1 is 1.13 bits per heavy atom. The van der Waals surface area contributed by atoms with Gasteiger partial charge in [0.1, 0.15) is 18.1 Å². The van der Waals surface area contributed by atoms with Gasteiger partial charge in [0.05, 0.1) is 12.1 Å². The molecule has 3 nitrogen and oxygen atoms in total. The minimum atomic E-state index is 0.454. The number of nitrogens with one attached hydrogen (secondary N) is 1. The standard InChI is InChI=1S/C19H23NO2S/c1-5-19(23)20-17-8-7-16(21-4)11-15(17)12-22-18-9-6-13(2)10-14(18)3/h6-11H,5,12H2,1-4H3,(H,20,23). The van der Waals surface area contributed by atoms with Gasteiger partial charge in [-0.15, -0.1) is 0 Å². The van der Waals surface area contributed by atoms with E-state index in [1.54, 1.807) is 7.11 Å². The lowest BCUT2D eigenvalue weighted by molar-refractivity contribution is 0.303. The van der Waals surface area contributed by atoms with Gasteiger partial charge in [-0.1, -0.05) is 36.8 Å². The summed E-state index contributed by atoms with van der Waals surface area (Å²) in [4.78, 5) is 0.808. The fourth-order valence-corrected chi connectivity index (χ4v) is 2.40. The second-order valence-electron chi connectivity index (χ2n) is 5.48. The van der Waals surface area contributed by atoms with Crippen molar-refractivity contribution in [3.63, 3.8) is 0 Å². The highest BCUT2D eigenvalue weighted by molar-refractivity contribution is 7.80. The minimum absolute atomic E-state index is 0.454. The summed E-state index contributed by atoms with van der Waals surface area (Å²) in [6.45, 7) is 6.62. The number of methoxy groups -OCH3 is 1. The smallest absolute Gasteiger partial charge is 0.122 e. The predicted molar refractivity (Wildman–Crippen MR) is 99.8 cm³/mol. The first-order valence-electron chi connectivity index (χ1n) is 7.70. The first kappa shape index (κ1) is 17.3.